The first kappa shape index (κ1) is 17.7. The van der Waals surface area contributed by atoms with Gasteiger partial charge in [-0.3, -0.25) is 4.79 Å². The number of nitrogens with one attached hydrogen (secondary N) is 1. The Balaban J connectivity index is 1.68. The van der Waals surface area contributed by atoms with Crippen molar-refractivity contribution in [1.82, 2.24) is 14.9 Å². The number of aromatic nitrogens is 3. The fourth-order valence-corrected chi connectivity index (χ4v) is 2.94. The molecule has 0 atom stereocenters. The van der Waals surface area contributed by atoms with Gasteiger partial charge in [0.05, 0.1) is 18.4 Å². The number of nitrogens with two attached hydrogens (primary N) is 1. The molecule has 1 amide bonds. The number of carbonyl (C=O) groups excluding carboxylic acids is 1. The Morgan fingerprint density at radius 3 is 2.85 bits per heavy atom. The lowest BCUT2D eigenvalue weighted by molar-refractivity contribution is -0.113. The summed E-state index contributed by atoms with van der Waals surface area (Å²) < 4.78 is 19.7. The molecule has 9 heteroatoms. The first-order chi connectivity index (χ1) is 12.6. The van der Waals surface area contributed by atoms with Crippen molar-refractivity contribution < 1.29 is 13.9 Å². The Hall–Kier alpha value is -3.07. The molecule has 0 aliphatic heterocycles. The fourth-order valence-electron chi connectivity index (χ4n) is 2.28. The number of halogens is 1. The van der Waals surface area contributed by atoms with Crippen LogP contribution < -0.4 is 15.9 Å². The number of thioether (sulfide) groups is 1. The third kappa shape index (κ3) is 3.94. The fraction of sp³-hybridized carbons (Fsp3) is 0.118. The summed E-state index contributed by atoms with van der Waals surface area (Å²) in [6.45, 7) is 0. The van der Waals surface area contributed by atoms with Crippen molar-refractivity contribution in [3.05, 3.63) is 54.3 Å². The minimum absolute atomic E-state index is 0.0533. The monoisotopic (exact) mass is 373 g/mol. The maximum Gasteiger partial charge on any atom is 0.234 e. The smallest absolute Gasteiger partial charge is 0.234 e. The predicted molar refractivity (Wildman–Crippen MR) is 97.9 cm³/mol. The van der Waals surface area contributed by atoms with Crippen LogP contribution in [0.25, 0.3) is 11.4 Å². The van der Waals surface area contributed by atoms with Crippen molar-refractivity contribution in [1.29, 1.82) is 0 Å². The number of benzene rings is 2. The Labute approximate surface area is 153 Å². The number of hydrogen-bond donors (Lipinski definition) is 2. The largest absolute Gasteiger partial charge is 0.496 e. The summed E-state index contributed by atoms with van der Waals surface area (Å²) in [5.41, 5.74) is 1.08. The number of hydrogen-bond acceptors (Lipinski definition) is 6. The molecule has 0 fully saturated rings. The van der Waals surface area contributed by atoms with Gasteiger partial charge in [-0.1, -0.05) is 30.0 Å². The maximum absolute atomic E-state index is 13.1. The standard InChI is InChI=1S/C17H16FN5O2S/c1-25-14-8-3-2-7-13(14)16-21-22-17(23(16)19)26-10-15(24)20-12-6-4-5-11(18)9-12/h2-9H,10,19H2,1H3,(H,20,24). The predicted octanol–water partition coefficient (Wildman–Crippen LogP) is 2.54. The van der Waals surface area contributed by atoms with Gasteiger partial charge in [0.15, 0.2) is 5.82 Å². The third-order valence-corrected chi connectivity index (χ3v) is 4.40. The Kier molecular flexibility index (Phi) is 5.37. The topological polar surface area (TPSA) is 95.1 Å². The molecule has 2 aromatic carbocycles. The molecule has 0 unspecified atom stereocenters. The van der Waals surface area contributed by atoms with Crippen molar-refractivity contribution in [3.63, 3.8) is 0 Å². The number of methoxy groups -OCH3 is 1. The van der Waals surface area contributed by atoms with E-state index in [1.807, 2.05) is 18.2 Å². The Morgan fingerprint density at radius 1 is 1.27 bits per heavy atom. The van der Waals surface area contributed by atoms with Crippen LogP contribution in [0, 0.1) is 5.82 Å². The zero-order valence-corrected chi connectivity index (χ0v) is 14.7. The molecule has 0 saturated heterocycles. The average Bonchev–Trinajstić information content (AvgIpc) is 3.00. The Bertz CT molecular complexity index is 931. The van der Waals surface area contributed by atoms with Crippen LogP contribution >= 0.6 is 11.8 Å². The van der Waals surface area contributed by atoms with Crippen LogP contribution in [0.15, 0.2) is 53.7 Å². The molecule has 3 N–H and O–H groups in total. The van der Waals surface area contributed by atoms with E-state index in [1.54, 1.807) is 19.2 Å². The quantitative estimate of drug-likeness (QED) is 0.509. The van der Waals surface area contributed by atoms with E-state index in [-0.39, 0.29) is 11.7 Å². The second-order valence-electron chi connectivity index (χ2n) is 5.22. The molecule has 0 aliphatic rings. The zero-order valence-electron chi connectivity index (χ0n) is 13.8. The second-order valence-corrected chi connectivity index (χ2v) is 6.17. The third-order valence-electron chi connectivity index (χ3n) is 3.45. The lowest BCUT2D eigenvalue weighted by Crippen LogP contribution is -2.16. The summed E-state index contributed by atoms with van der Waals surface area (Å²) >= 11 is 1.13. The number of amides is 1. The molecule has 1 aromatic heterocycles. The number of ether oxygens (including phenoxy) is 1. The van der Waals surface area contributed by atoms with E-state index in [2.05, 4.69) is 15.5 Å². The maximum atomic E-state index is 13.1. The minimum atomic E-state index is -0.418. The summed E-state index contributed by atoms with van der Waals surface area (Å²) in [6, 6.07) is 13.0. The van der Waals surface area contributed by atoms with Crippen molar-refractivity contribution in [2.24, 2.45) is 0 Å². The SMILES string of the molecule is COc1ccccc1-c1nnc(SCC(=O)Nc2cccc(F)c2)n1N. The molecule has 26 heavy (non-hydrogen) atoms. The van der Waals surface area contributed by atoms with Crippen LogP contribution in [0.1, 0.15) is 0 Å². The van der Waals surface area contributed by atoms with Gasteiger partial charge in [-0.2, -0.15) is 0 Å². The van der Waals surface area contributed by atoms with Gasteiger partial charge in [0.1, 0.15) is 11.6 Å². The van der Waals surface area contributed by atoms with Crippen LogP contribution in [0.2, 0.25) is 0 Å². The van der Waals surface area contributed by atoms with E-state index in [9.17, 15) is 9.18 Å². The van der Waals surface area contributed by atoms with Crippen LogP contribution in [0.4, 0.5) is 10.1 Å². The van der Waals surface area contributed by atoms with Gasteiger partial charge in [-0.05, 0) is 30.3 Å². The number of para-hydroxylation sites is 1. The van der Waals surface area contributed by atoms with Crippen molar-refractivity contribution in [2.75, 3.05) is 24.0 Å². The number of carbonyl (C=O) groups is 1. The molecular formula is C17H16FN5O2S. The highest BCUT2D eigenvalue weighted by Gasteiger charge is 2.16. The normalized spacial score (nSPS) is 10.5. The lowest BCUT2D eigenvalue weighted by atomic mass is 10.2. The number of nitrogens with zero attached hydrogens (tertiary/aromatic N) is 3. The summed E-state index contributed by atoms with van der Waals surface area (Å²) in [4.78, 5) is 12.0. The number of nitrogen functional groups attached to an aromatic ring is 1. The molecular weight excluding hydrogens is 357 g/mol. The molecule has 3 aromatic rings. The van der Waals surface area contributed by atoms with Gasteiger partial charge < -0.3 is 15.9 Å². The van der Waals surface area contributed by atoms with E-state index >= 15 is 0 Å². The van der Waals surface area contributed by atoms with Crippen molar-refractivity contribution in [2.45, 2.75) is 5.16 Å². The average molecular weight is 373 g/mol. The van der Waals surface area contributed by atoms with Gasteiger partial charge >= 0.3 is 0 Å². The highest BCUT2D eigenvalue weighted by atomic mass is 32.2. The molecule has 0 bridgehead atoms. The van der Waals surface area contributed by atoms with E-state index in [0.717, 1.165) is 11.8 Å². The first-order valence-electron chi connectivity index (χ1n) is 7.60. The van der Waals surface area contributed by atoms with Crippen LogP contribution in [0.3, 0.4) is 0 Å². The molecule has 3 rings (SSSR count). The summed E-state index contributed by atoms with van der Waals surface area (Å²) in [6.07, 6.45) is 0. The van der Waals surface area contributed by atoms with E-state index in [0.29, 0.717) is 28.0 Å². The van der Waals surface area contributed by atoms with Crippen LogP contribution in [0.5, 0.6) is 5.75 Å². The lowest BCUT2D eigenvalue weighted by Gasteiger charge is -2.08. The first-order valence-corrected chi connectivity index (χ1v) is 8.59. The van der Waals surface area contributed by atoms with Crippen LogP contribution in [-0.2, 0) is 4.79 Å². The van der Waals surface area contributed by atoms with Gasteiger partial charge in [-0.25, -0.2) is 9.07 Å². The van der Waals surface area contributed by atoms with Crippen molar-refractivity contribution >= 4 is 23.4 Å². The summed E-state index contributed by atoms with van der Waals surface area (Å²) in [7, 11) is 1.56. The van der Waals surface area contributed by atoms with Gasteiger partial charge in [0, 0.05) is 5.69 Å². The second kappa shape index (κ2) is 7.87. The number of anilines is 1. The molecule has 0 radical (unpaired) electrons. The van der Waals surface area contributed by atoms with E-state index in [4.69, 9.17) is 10.6 Å². The Morgan fingerprint density at radius 2 is 2.08 bits per heavy atom. The minimum Gasteiger partial charge on any atom is -0.496 e. The van der Waals surface area contributed by atoms with Crippen LogP contribution in [-0.4, -0.2) is 33.6 Å². The molecule has 1 heterocycles. The van der Waals surface area contributed by atoms with E-state index < -0.39 is 5.82 Å². The molecule has 7 nitrogen and oxygen atoms in total. The molecule has 0 aliphatic carbocycles. The summed E-state index contributed by atoms with van der Waals surface area (Å²) in [5.74, 6) is 6.43. The molecule has 0 spiro atoms. The summed E-state index contributed by atoms with van der Waals surface area (Å²) in [5, 5.41) is 11.1. The highest BCUT2D eigenvalue weighted by molar-refractivity contribution is 7.99. The van der Waals surface area contributed by atoms with Crippen molar-refractivity contribution in [3.8, 4) is 17.1 Å². The van der Waals surface area contributed by atoms with Gasteiger partial charge in [0.25, 0.3) is 0 Å². The highest BCUT2D eigenvalue weighted by Crippen LogP contribution is 2.29. The molecule has 0 saturated carbocycles. The van der Waals surface area contributed by atoms with E-state index in [1.165, 1.54) is 22.9 Å². The van der Waals surface area contributed by atoms with Gasteiger partial charge in [0.2, 0.25) is 11.1 Å². The number of rotatable bonds is 6. The van der Waals surface area contributed by atoms with Gasteiger partial charge in [-0.15, -0.1) is 10.2 Å². The molecule has 134 valence electrons. The zero-order chi connectivity index (χ0) is 18.5.